The molecule has 0 rings (SSSR count). The van der Waals surface area contributed by atoms with E-state index < -0.39 is 0 Å². The molecule has 0 bridgehead atoms. The lowest BCUT2D eigenvalue weighted by Crippen LogP contribution is -2.22. The Kier molecular flexibility index (Phi) is 16.9. The molecule has 0 spiro atoms. The van der Waals surface area contributed by atoms with E-state index in [0.29, 0.717) is 6.61 Å². The predicted octanol–water partition coefficient (Wildman–Crippen LogP) is 1.59. The van der Waals surface area contributed by atoms with Gasteiger partial charge < -0.3 is 19.7 Å². The second-order valence-corrected chi connectivity index (χ2v) is 3.68. The van der Waals surface area contributed by atoms with Crippen LogP contribution in [0.4, 0.5) is 0 Å². The molecule has 0 aliphatic heterocycles. The van der Waals surface area contributed by atoms with Crippen LogP contribution in [-0.4, -0.2) is 48.8 Å². The topological polar surface area (TPSA) is 58.9 Å². The molecule has 0 aromatic heterocycles. The molecule has 16 heavy (non-hydrogen) atoms. The maximum absolute atomic E-state index is 8.70. The summed E-state index contributed by atoms with van der Waals surface area (Å²) in [6, 6.07) is 0. The van der Waals surface area contributed by atoms with E-state index in [-0.39, 0.29) is 25.4 Å². The number of aliphatic hydroxyl groups is 2. The van der Waals surface area contributed by atoms with E-state index in [4.69, 9.17) is 19.7 Å². The van der Waals surface area contributed by atoms with E-state index >= 15 is 0 Å². The highest BCUT2D eigenvalue weighted by atomic mass is 16.5. The van der Waals surface area contributed by atoms with Crippen LogP contribution in [0.2, 0.25) is 0 Å². The number of unbranched alkanes of at least 4 members (excludes halogenated alkanes) is 1. The first-order valence-electron chi connectivity index (χ1n) is 6.07. The average Bonchev–Trinajstić information content (AvgIpc) is 2.27. The highest BCUT2D eigenvalue weighted by Crippen LogP contribution is 1.98. The number of ether oxygens (including phenoxy) is 2. The first-order valence-corrected chi connectivity index (χ1v) is 6.07. The molecular formula is C12H28O4. The van der Waals surface area contributed by atoms with Crippen LogP contribution in [0.3, 0.4) is 0 Å². The molecule has 4 nitrogen and oxygen atoms in total. The van der Waals surface area contributed by atoms with Crippen molar-refractivity contribution >= 4 is 0 Å². The molecule has 0 saturated carbocycles. The van der Waals surface area contributed by atoms with Gasteiger partial charge >= 0.3 is 0 Å². The molecule has 0 aliphatic carbocycles. The average molecular weight is 236 g/mol. The van der Waals surface area contributed by atoms with Crippen molar-refractivity contribution in [1.29, 1.82) is 0 Å². The Bertz CT molecular complexity index is 120. The summed E-state index contributed by atoms with van der Waals surface area (Å²) in [5, 5.41) is 16.3. The molecule has 2 atom stereocenters. The Morgan fingerprint density at radius 3 is 2.00 bits per heavy atom. The second-order valence-electron chi connectivity index (χ2n) is 3.68. The fraction of sp³-hybridized carbons (Fsp3) is 1.00. The van der Waals surface area contributed by atoms with Crippen LogP contribution in [0.15, 0.2) is 0 Å². The molecule has 0 amide bonds. The second kappa shape index (κ2) is 14.8. The summed E-state index contributed by atoms with van der Waals surface area (Å²) in [7, 11) is 0. The molecule has 0 aromatic rings. The molecule has 2 unspecified atom stereocenters. The van der Waals surface area contributed by atoms with Gasteiger partial charge in [-0.2, -0.15) is 0 Å². The Balaban J connectivity index is 0. The lowest BCUT2D eigenvalue weighted by Gasteiger charge is -2.15. The van der Waals surface area contributed by atoms with Gasteiger partial charge in [0.1, 0.15) is 0 Å². The van der Waals surface area contributed by atoms with Gasteiger partial charge in [0.15, 0.2) is 0 Å². The Morgan fingerprint density at radius 1 is 1.00 bits per heavy atom. The quantitative estimate of drug-likeness (QED) is 0.628. The SMILES string of the molecule is CCCCOC(C)COC(C)CO.CCO. The highest BCUT2D eigenvalue weighted by Gasteiger charge is 2.05. The molecule has 0 aliphatic rings. The number of aliphatic hydroxyl groups excluding tert-OH is 2. The molecule has 0 aromatic carbocycles. The van der Waals surface area contributed by atoms with E-state index in [2.05, 4.69) is 6.92 Å². The Morgan fingerprint density at radius 2 is 1.56 bits per heavy atom. The van der Waals surface area contributed by atoms with E-state index in [1.54, 1.807) is 6.92 Å². The van der Waals surface area contributed by atoms with Crippen LogP contribution < -0.4 is 0 Å². The van der Waals surface area contributed by atoms with Crippen molar-refractivity contribution < 1.29 is 19.7 Å². The molecule has 0 fully saturated rings. The lowest BCUT2D eigenvalue weighted by atomic mass is 10.3. The van der Waals surface area contributed by atoms with Gasteiger partial charge in [0.2, 0.25) is 0 Å². The van der Waals surface area contributed by atoms with Gasteiger partial charge in [0.05, 0.1) is 25.4 Å². The number of hydrogen-bond acceptors (Lipinski definition) is 4. The van der Waals surface area contributed by atoms with Crippen molar-refractivity contribution in [1.82, 2.24) is 0 Å². The van der Waals surface area contributed by atoms with Crippen molar-refractivity contribution in [3.05, 3.63) is 0 Å². The van der Waals surface area contributed by atoms with E-state index in [9.17, 15) is 0 Å². The van der Waals surface area contributed by atoms with Gasteiger partial charge in [-0.1, -0.05) is 13.3 Å². The van der Waals surface area contributed by atoms with Crippen molar-refractivity contribution in [2.24, 2.45) is 0 Å². The monoisotopic (exact) mass is 236 g/mol. The summed E-state index contributed by atoms with van der Waals surface area (Å²) < 4.78 is 10.8. The lowest BCUT2D eigenvalue weighted by molar-refractivity contribution is -0.0457. The zero-order valence-corrected chi connectivity index (χ0v) is 11.1. The minimum Gasteiger partial charge on any atom is -0.397 e. The standard InChI is InChI=1S/C10H22O3.C2H6O/c1-4-5-6-12-10(3)8-13-9(2)7-11;1-2-3/h9-11H,4-8H2,1-3H3;3H,2H2,1H3. The van der Waals surface area contributed by atoms with Gasteiger partial charge in [0, 0.05) is 13.2 Å². The molecule has 0 saturated heterocycles. The molecule has 4 heteroatoms. The van der Waals surface area contributed by atoms with Crippen LogP contribution in [0.1, 0.15) is 40.5 Å². The Labute approximate surface area is 99.6 Å². The predicted molar refractivity (Wildman–Crippen MR) is 65.6 cm³/mol. The smallest absolute Gasteiger partial charge is 0.0780 e. The largest absolute Gasteiger partial charge is 0.397 e. The summed E-state index contributed by atoms with van der Waals surface area (Å²) in [4.78, 5) is 0. The van der Waals surface area contributed by atoms with Crippen LogP contribution in [-0.2, 0) is 9.47 Å². The van der Waals surface area contributed by atoms with Gasteiger partial charge in [-0.25, -0.2) is 0 Å². The van der Waals surface area contributed by atoms with Crippen LogP contribution >= 0.6 is 0 Å². The zero-order chi connectivity index (χ0) is 12.8. The van der Waals surface area contributed by atoms with E-state index in [0.717, 1.165) is 19.4 Å². The molecule has 100 valence electrons. The van der Waals surface area contributed by atoms with Gasteiger partial charge in [-0.15, -0.1) is 0 Å². The zero-order valence-electron chi connectivity index (χ0n) is 11.1. The fourth-order valence-corrected chi connectivity index (χ4v) is 0.829. The first kappa shape index (κ1) is 18.2. The number of hydrogen-bond donors (Lipinski definition) is 2. The van der Waals surface area contributed by atoms with Crippen molar-refractivity contribution in [3.8, 4) is 0 Å². The van der Waals surface area contributed by atoms with Crippen LogP contribution in [0.25, 0.3) is 0 Å². The number of rotatable bonds is 8. The van der Waals surface area contributed by atoms with Gasteiger partial charge in [-0.3, -0.25) is 0 Å². The minimum absolute atomic E-state index is 0.0711. The van der Waals surface area contributed by atoms with Crippen LogP contribution in [0.5, 0.6) is 0 Å². The van der Waals surface area contributed by atoms with E-state index in [1.165, 1.54) is 0 Å². The van der Waals surface area contributed by atoms with Crippen molar-refractivity contribution in [2.75, 3.05) is 26.4 Å². The summed E-state index contributed by atoms with van der Waals surface area (Å²) in [6.07, 6.45) is 2.29. The fourth-order valence-electron chi connectivity index (χ4n) is 0.829. The third-order valence-electron chi connectivity index (χ3n) is 1.77. The van der Waals surface area contributed by atoms with Crippen molar-refractivity contribution in [2.45, 2.75) is 52.7 Å². The summed E-state index contributed by atoms with van der Waals surface area (Å²) >= 11 is 0. The van der Waals surface area contributed by atoms with Gasteiger partial charge in [-0.05, 0) is 27.2 Å². The molecule has 2 N–H and O–H groups in total. The Hall–Kier alpha value is -0.160. The van der Waals surface area contributed by atoms with Crippen LogP contribution in [0, 0.1) is 0 Å². The molecule has 0 heterocycles. The highest BCUT2D eigenvalue weighted by molar-refractivity contribution is 4.51. The normalized spacial score (nSPS) is 13.9. The minimum atomic E-state index is -0.0859. The summed E-state index contributed by atoms with van der Waals surface area (Å²) in [6.45, 7) is 9.33. The molecule has 0 radical (unpaired) electrons. The third-order valence-corrected chi connectivity index (χ3v) is 1.77. The van der Waals surface area contributed by atoms with Gasteiger partial charge in [0.25, 0.3) is 0 Å². The third kappa shape index (κ3) is 16.3. The van der Waals surface area contributed by atoms with Crippen molar-refractivity contribution in [3.63, 3.8) is 0 Å². The maximum atomic E-state index is 8.70. The summed E-state index contributed by atoms with van der Waals surface area (Å²) in [5.74, 6) is 0. The first-order chi connectivity index (χ1) is 7.62. The summed E-state index contributed by atoms with van der Waals surface area (Å²) in [5.41, 5.74) is 0. The maximum Gasteiger partial charge on any atom is 0.0780 e. The molecular weight excluding hydrogens is 208 g/mol. The van der Waals surface area contributed by atoms with E-state index in [1.807, 2.05) is 13.8 Å².